The molecule has 0 aliphatic rings. The van der Waals surface area contributed by atoms with Gasteiger partial charge in [0.15, 0.2) is 0 Å². The van der Waals surface area contributed by atoms with E-state index in [9.17, 15) is 4.79 Å². The molecule has 0 heterocycles. The van der Waals surface area contributed by atoms with E-state index in [1.165, 1.54) is 0 Å². The zero-order valence-electron chi connectivity index (χ0n) is 10.5. The van der Waals surface area contributed by atoms with Crippen LogP contribution in [0.3, 0.4) is 0 Å². The van der Waals surface area contributed by atoms with Crippen LogP contribution in [0.1, 0.15) is 32.3 Å². The Kier molecular flexibility index (Phi) is 4.88. The minimum atomic E-state index is -0.887. The fourth-order valence-corrected chi connectivity index (χ4v) is 2.06. The van der Waals surface area contributed by atoms with Crippen molar-refractivity contribution in [3.8, 4) is 6.07 Å². The van der Waals surface area contributed by atoms with Crippen LogP contribution in [-0.2, 0) is 4.79 Å². The van der Waals surface area contributed by atoms with Gasteiger partial charge in [0, 0.05) is 4.47 Å². The smallest absolute Gasteiger partial charge is 0.244 e. The third kappa shape index (κ3) is 3.56. The number of nitriles is 1. The molecule has 0 bridgehead atoms. The van der Waals surface area contributed by atoms with Crippen molar-refractivity contribution in [3.63, 3.8) is 0 Å². The Labute approximate surface area is 115 Å². The maximum atomic E-state index is 12.0. The number of rotatable bonds is 4. The summed E-state index contributed by atoms with van der Waals surface area (Å²) in [4.78, 5) is 12.0. The number of benzene rings is 1. The first kappa shape index (κ1) is 14.7. The lowest BCUT2D eigenvalue weighted by atomic mass is 9.96. The summed E-state index contributed by atoms with van der Waals surface area (Å²) in [6, 6.07) is 7.02. The van der Waals surface area contributed by atoms with Crippen LogP contribution in [0.5, 0.6) is 0 Å². The molecule has 3 N–H and O–H groups in total. The molecule has 1 unspecified atom stereocenters. The van der Waals surface area contributed by atoms with Crippen LogP contribution in [0.4, 0.5) is 5.69 Å². The van der Waals surface area contributed by atoms with Crippen molar-refractivity contribution in [2.75, 3.05) is 5.32 Å². The number of hydrogen-bond acceptors (Lipinski definition) is 3. The molecule has 18 heavy (non-hydrogen) atoms. The van der Waals surface area contributed by atoms with E-state index in [2.05, 4.69) is 21.2 Å². The molecule has 0 saturated carbocycles. The number of hydrogen-bond donors (Lipinski definition) is 2. The fraction of sp³-hybridized carbons (Fsp3) is 0.385. The molecule has 0 fully saturated rings. The zero-order chi connectivity index (χ0) is 13.8. The van der Waals surface area contributed by atoms with Gasteiger partial charge < -0.3 is 11.1 Å². The van der Waals surface area contributed by atoms with Crippen molar-refractivity contribution < 1.29 is 4.79 Å². The number of nitrogens with one attached hydrogen (secondary N) is 1. The monoisotopic (exact) mass is 309 g/mol. The van der Waals surface area contributed by atoms with E-state index in [1.54, 1.807) is 25.1 Å². The Morgan fingerprint density at radius 3 is 2.78 bits per heavy atom. The molecule has 0 aromatic heterocycles. The zero-order valence-corrected chi connectivity index (χ0v) is 12.0. The Bertz CT molecular complexity index is 491. The summed E-state index contributed by atoms with van der Waals surface area (Å²) in [5, 5.41) is 11.5. The van der Waals surface area contributed by atoms with E-state index in [0.29, 0.717) is 22.1 Å². The fourth-order valence-electron chi connectivity index (χ4n) is 1.58. The van der Waals surface area contributed by atoms with E-state index in [1.807, 2.05) is 13.0 Å². The summed E-state index contributed by atoms with van der Waals surface area (Å²) in [6.07, 6.45) is 1.46. The van der Waals surface area contributed by atoms with Crippen molar-refractivity contribution >= 4 is 27.5 Å². The lowest BCUT2D eigenvalue weighted by Crippen LogP contribution is -2.48. The predicted molar refractivity (Wildman–Crippen MR) is 75.0 cm³/mol. The Hall–Kier alpha value is -1.38. The van der Waals surface area contributed by atoms with Gasteiger partial charge in [-0.3, -0.25) is 4.79 Å². The second-order valence-corrected chi connectivity index (χ2v) is 5.28. The summed E-state index contributed by atoms with van der Waals surface area (Å²) in [7, 11) is 0. The number of nitrogens with two attached hydrogens (primary N) is 1. The first-order valence-electron chi connectivity index (χ1n) is 5.70. The maximum absolute atomic E-state index is 12.0. The minimum Gasteiger partial charge on any atom is -0.323 e. The quantitative estimate of drug-likeness (QED) is 0.897. The molecule has 96 valence electrons. The van der Waals surface area contributed by atoms with Crippen LogP contribution < -0.4 is 11.1 Å². The molecule has 1 amide bonds. The molecular weight excluding hydrogens is 294 g/mol. The summed E-state index contributed by atoms with van der Waals surface area (Å²) in [5.74, 6) is -0.227. The standard InChI is InChI=1S/C13H16BrN3O/c1-3-6-13(2,16)12(18)17-11-5-4-9(8-15)7-10(11)14/h4-5,7H,3,6,16H2,1-2H3,(H,17,18). The van der Waals surface area contributed by atoms with Crippen LogP contribution in [0, 0.1) is 11.3 Å². The van der Waals surface area contributed by atoms with Crippen molar-refractivity contribution in [3.05, 3.63) is 28.2 Å². The van der Waals surface area contributed by atoms with Crippen molar-refractivity contribution in [2.24, 2.45) is 5.73 Å². The number of halogens is 1. The number of carbonyl (C=O) groups is 1. The molecule has 0 spiro atoms. The molecular formula is C13H16BrN3O. The number of anilines is 1. The van der Waals surface area contributed by atoms with Crippen LogP contribution in [0.2, 0.25) is 0 Å². The van der Waals surface area contributed by atoms with Crippen molar-refractivity contribution in [2.45, 2.75) is 32.2 Å². The normalized spacial score (nSPS) is 13.5. The second kappa shape index (κ2) is 5.98. The molecule has 1 aromatic carbocycles. The van der Waals surface area contributed by atoms with Crippen LogP contribution in [-0.4, -0.2) is 11.4 Å². The Morgan fingerprint density at radius 2 is 2.28 bits per heavy atom. The number of amides is 1. The van der Waals surface area contributed by atoms with Gasteiger partial charge in [-0.1, -0.05) is 13.3 Å². The average Bonchev–Trinajstić information content (AvgIpc) is 2.31. The van der Waals surface area contributed by atoms with Gasteiger partial charge in [-0.15, -0.1) is 0 Å². The van der Waals surface area contributed by atoms with Gasteiger partial charge in [-0.25, -0.2) is 0 Å². The number of carbonyl (C=O) groups excluding carboxylic acids is 1. The lowest BCUT2D eigenvalue weighted by molar-refractivity contribution is -0.120. The molecule has 0 radical (unpaired) electrons. The van der Waals surface area contributed by atoms with Crippen LogP contribution >= 0.6 is 15.9 Å². The minimum absolute atomic E-state index is 0.227. The highest BCUT2D eigenvalue weighted by Gasteiger charge is 2.27. The van der Waals surface area contributed by atoms with Gasteiger partial charge in [0.25, 0.3) is 0 Å². The SMILES string of the molecule is CCCC(C)(N)C(=O)Nc1ccc(C#N)cc1Br. The number of nitrogens with zero attached hydrogens (tertiary/aromatic N) is 1. The molecule has 5 heteroatoms. The van der Waals surface area contributed by atoms with E-state index in [0.717, 1.165) is 6.42 Å². The highest BCUT2D eigenvalue weighted by atomic mass is 79.9. The van der Waals surface area contributed by atoms with E-state index >= 15 is 0 Å². The predicted octanol–water partition coefficient (Wildman–Crippen LogP) is 2.78. The topological polar surface area (TPSA) is 78.9 Å². The van der Waals surface area contributed by atoms with E-state index in [-0.39, 0.29) is 5.91 Å². The van der Waals surface area contributed by atoms with Crippen LogP contribution in [0.15, 0.2) is 22.7 Å². The van der Waals surface area contributed by atoms with E-state index in [4.69, 9.17) is 11.0 Å². The molecule has 0 saturated heterocycles. The van der Waals surface area contributed by atoms with Crippen LogP contribution in [0.25, 0.3) is 0 Å². The van der Waals surface area contributed by atoms with Gasteiger partial charge in [0.2, 0.25) is 5.91 Å². The molecule has 0 aliphatic heterocycles. The molecule has 0 aliphatic carbocycles. The van der Waals surface area contributed by atoms with Gasteiger partial charge >= 0.3 is 0 Å². The Balaban J connectivity index is 2.86. The highest BCUT2D eigenvalue weighted by molar-refractivity contribution is 9.10. The van der Waals surface area contributed by atoms with Gasteiger partial charge in [-0.2, -0.15) is 5.26 Å². The molecule has 4 nitrogen and oxygen atoms in total. The molecule has 1 atom stereocenters. The third-order valence-electron chi connectivity index (χ3n) is 2.63. The Morgan fingerprint density at radius 1 is 1.61 bits per heavy atom. The highest BCUT2D eigenvalue weighted by Crippen LogP contribution is 2.24. The van der Waals surface area contributed by atoms with Crippen molar-refractivity contribution in [1.82, 2.24) is 0 Å². The van der Waals surface area contributed by atoms with Gasteiger partial charge in [0.05, 0.1) is 22.9 Å². The summed E-state index contributed by atoms with van der Waals surface area (Å²) >= 11 is 3.32. The first-order chi connectivity index (χ1) is 8.40. The summed E-state index contributed by atoms with van der Waals surface area (Å²) < 4.78 is 0.669. The summed E-state index contributed by atoms with van der Waals surface area (Å²) in [6.45, 7) is 3.69. The molecule has 1 aromatic rings. The largest absolute Gasteiger partial charge is 0.323 e. The van der Waals surface area contributed by atoms with E-state index < -0.39 is 5.54 Å². The molecule has 1 rings (SSSR count). The maximum Gasteiger partial charge on any atom is 0.244 e. The van der Waals surface area contributed by atoms with Crippen molar-refractivity contribution in [1.29, 1.82) is 5.26 Å². The second-order valence-electron chi connectivity index (χ2n) is 4.43. The summed E-state index contributed by atoms with van der Waals surface area (Å²) in [5.41, 5.74) is 6.21. The first-order valence-corrected chi connectivity index (χ1v) is 6.50. The van der Waals surface area contributed by atoms with Gasteiger partial charge in [-0.05, 0) is 47.5 Å². The average molecular weight is 310 g/mol. The lowest BCUT2D eigenvalue weighted by Gasteiger charge is -2.23. The third-order valence-corrected chi connectivity index (χ3v) is 3.29. The van der Waals surface area contributed by atoms with Gasteiger partial charge in [0.1, 0.15) is 0 Å².